The van der Waals surface area contributed by atoms with E-state index in [4.69, 9.17) is 5.11 Å². The molecule has 1 amide bonds. The fourth-order valence-electron chi connectivity index (χ4n) is 2.57. The van der Waals surface area contributed by atoms with E-state index in [9.17, 15) is 9.59 Å². The summed E-state index contributed by atoms with van der Waals surface area (Å²) in [7, 11) is 0. The van der Waals surface area contributed by atoms with Crippen LogP contribution in [0.1, 0.15) is 51.4 Å². The largest absolute Gasteiger partial charge is 0.480 e. The van der Waals surface area contributed by atoms with E-state index in [0.717, 1.165) is 12.2 Å². The van der Waals surface area contributed by atoms with Gasteiger partial charge in [0, 0.05) is 6.42 Å². The average molecular weight is 287 g/mol. The number of carbonyl (C=O) groups excluding carboxylic acids is 1. The van der Waals surface area contributed by atoms with Crippen LogP contribution in [0.3, 0.4) is 0 Å². The number of carboxylic acids is 1. The van der Waals surface area contributed by atoms with Crippen LogP contribution in [-0.2, 0) is 9.59 Å². The SMILES string of the molecule is CSCC[C@@H](NC(=O)CCC1CCCCC1)C(=O)O. The van der Waals surface area contributed by atoms with Crippen LogP contribution in [0, 0.1) is 5.92 Å². The van der Waals surface area contributed by atoms with Gasteiger partial charge in [0.1, 0.15) is 6.04 Å². The Bertz CT molecular complexity index is 290. The molecular formula is C14H25NO3S. The quantitative estimate of drug-likeness (QED) is 0.720. The highest BCUT2D eigenvalue weighted by atomic mass is 32.2. The number of rotatable bonds is 8. The van der Waals surface area contributed by atoms with Gasteiger partial charge >= 0.3 is 5.97 Å². The van der Waals surface area contributed by atoms with Crippen LogP contribution in [-0.4, -0.2) is 35.0 Å². The minimum absolute atomic E-state index is 0.112. The second kappa shape index (κ2) is 9.23. The molecule has 110 valence electrons. The predicted molar refractivity (Wildman–Crippen MR) is 78.4 cm³/mol. The van der Waals surface area contributed by atoms with Gasteiger partial charge in [-0.15, -0.1) is 0 Å². The van der Waals surface area contributed by atoms with Crippen molar-refractivity contribution in [1.82, 2.24) is 5.32 Å². The lowest BCUT2D eigenvalue weighted by Gasteiger charge is -2.21. The molecule has 0 saturated heterocycles. The first-order chi connectivity index (χ1) is 9.13. The molecule has 0 spiro atoms. The second-order valence-electron chi connectivity index (χ2n) is 5.28. The lowest BCUT2D eigenvalue weighted by Crippen LogP contribution is -2.41. The first-order valence-corrected chi connectivity index (χ1v) is 8.54. The molecule has 1 rings (SSSR count). The first-order valence-electron chi connectivity index (χ1n) is 7.14. The molecule has 19 heavy (non-hydrogen) atoms. The van der Waals surface area contributed by atoms with Crippen molar-refractivity contribution in [3.63, 3.8) is 0 Å². The molecule has 0 radical (unpaired) electrons. The highest BCUT2D eigenvalue weighted by molar-refractivity contribution is 7.98. The van der Waals surface area contributed by atoms with Gasteiger partial charge in [0.15, 0.2) is 0 Å². The van der Waals surface area contributed by atoms with Gasteiger partial charge in [-0.1, -0.05) is 32.1 Å². The summed E-state index contributed by atoms with van der Waals surface area (Å²) in [6.45, 7) is 0. The lowest BCUT2D eigenvalue weighted by molar-refractivity contribution is -0.141. The number of thioether (sulfide) groups is 1. The number of hydrogen-bond donors (Lipinski definition) is 2. The normalized spacial score (nSPS) is 17.9. The maximum atomic E-state index is 11.8. The Kier molecular flexibility index (Phi) is 7.94. The number of carboxylic acid groups (broad SMARTS) is 1. The van der Waals surface area contributed by atoms with Crippen LogP contribution in [0.25, 0.3) is 0 Å². The Morgan fingerprint density at radius 3 is 2.58 bits per heavy atom. The van der Waals surface area contributed by atoms with Gasteiger partial charge in [0.2, 0.25) is 5.91 Å². The third-order valence-electron chi connectivity index (χ3n) is 3.75. The third-order valence-corrected chi connectivity index (χ3v) is 4.39. The second-order valence-corrected chi connectivity index (χ2v) is 6.27. The van der Waals surface area contributed by atoms with Gasteiger partial charge in [-0.25, -0.2) is 4.79 Å². The van der Waals surface area contributed by atoms with Crippen molar-refractivity contribution < 1.29 is 14.7 Å². The molecular weight excluding hydrogens is 262 g/mol. The van der Waals surface area contributed by atoms with Gasteiger partial charge in [0.25, 0.3) is 0 Å². The van der Waals surface area contributed by atoms with Crippen LogP contribution in [0.4, 0.5) is 0 Å². The number of aliphatic carboxylic acids is 1. The van der Waals surface area contributed by atoms with Crippen LogP contribution >= 0.6 is 11.8 Å². The fraction of sp³-hybridized carbons (Fsp3) is 0.857. The maximum absolute atomic E-state index is 11.8. The van der Waals surface area contributed by atoms with E-state index >= 15 is 0 Å². The van der Waals surface area contributed by atoms with Gasteiger partial charge in [-0.2, -0.15) is 11.8 Å². The predicted octanol–water partition coefficient (Wildman–Crippen LogP) is 2.67. The molecule has 4 nitrogen and oxygen atoms in total. The number of amides is 1. The number of carbonyl (C=O) groups is 2. The van der Waals surface area contributed by atoms with Crippen molar-refractivity contribution in [2.24, 2.45) is 5.92 Å². The monoisotopic (exact) mass is 287 g/mol. The first kappa shape index (κ1) is 16.3. The fourth-order valence-corrected chi connectivity index (χ4v) is 3.04. The summed E-state index contributed by atoms with van der Waals surface area (Å²) in [6.07, 6.45) is 10.1. The molecule has 1 atom stereocenters. The van der Waals surface area contributed by atoms with Crippen LogP contribution in [0.5, 0.6) is 0 Å². The van der Waals surface area contributed by atoms with E-state index in [0.29, 0.717) is 18.8 Å². The summed E-state index contributed by atoms with van der Waals surface area (Å²) >= 11 is 1.60. The molecule has 0 aromatic carbocycles. The molecule has 0 aromatic heterocycles. The van der Waals surface area contributed by atoms with E-state index in [1.165, 1.54) is 32.1 Å². The van der Waals surface area contributed by atoms with Crippen molar-refractivity contribution in [2.75, 3.05) is 12.0 Å². The highest BCUT2D eigenvalue weighted by Crippen LogP contribution is 2.27. The Hall–Kier alpha value is -0.710. The van der Waals surface area contributed by atoms with Gasteiger partial charge in [0.05, 0.1) is 0 Å². The average Bonchev–Trinajstić information content (AvgIpc) is 2.42. The van der Waals surface area contributed by atoms with Crippen LogP contribution in [0.2, 0.25) is 0 Å². The van der Waals surface area contributed by atoms with Crippen molar-refractivity contribution in [2.45, 2.75) is 57.4 Å². The number of nitrogens with one attached hydrogen (secondary N) is 1. The van der Waals surface area contributed by atoms with E-state index in [1.54, 1.807) is 11.8 Å². The van der Waals surface area contributed by atoms with Crippen molar-refractivity contribution in [3.05, 3.63) is 0 Å². The molecule has 0 aliphatic heterocycles. The van der Waals surface area contributed by atoms with Gasteiger partial charge in [-0.3, -0.25) is 4.79 Å². The molecule has 0 unspecified atom stereocenters. The van der Waals surface area contributed by atoms with Crippen molar-refractivity contribution in [3.8, 4) is 0 Å². The zero-order chi connectivity index (χ0) is 14.1. The zero-order valence-electron chi connectivity index (χ0n) is 11.7. The molecule has 0 bridgehead atoms. The maximum Gasteiger partial charge on any atom is 0.326 e. The summed E-state index contributed by atoms with van der Waals surface area (Å²) in [5, 5.41) is 11.7. The van der Waals surface area contributed by atoms with Crippen LogP contribution in [0.15, 0.2) is 0 Å². The lowest BCUT2D eigenvalue weighted by atomic mass is 9.86. The summed E-state index contributed by atoms with van der Waals surface area (Å²) in [6, 6.07) is -0.730. The minimum Gasteiger partial charge on any atom is -0.480 e. The topological polar surface area (TPSA) is 66.4 Å². The van der Waals surface area contributed by atoms with E-state index in [1.807, 2.05) is 6.26 Å². The summed E-state index contributed by atoms with van der Waals surface area (Å²) in [5.41, 5.74) is 0. The van der Waals surface area contributed by atoms with E-state index in [2.05, 4.69) is 5.32 Å². The molecule has 1 fully saturated rings. The van der Waals surface area contributed by atoms with Gasteiger partial charge in [-0.05, 0) is 30.8 Å². The molecule has 2 N–H and O–H groups in total. The Morgan fingerprint density at radius 1 is 1.32 bits per heavy atom. The zero-order valence-corrected chi connectivity index (χ0v) is 12.5. The van der Waals surface area contributed by atoms with E-state index < -0.39 is 12.0 Å². The number of hydrogen-bond acceptors (Lipinski definition) is 3. The van der Waals surface area contributed by atoms with Crippen LogP contribution < -0.4 is 5.32 Å². The Balaban J connectivity index is 2.25. The minimum atomic E-state index is -0.930. The summed E-state index contributed by atoms with van der Waals surface area (Å²) in [4.78, 5) is 22.8. The summed E-state index contributed by atoms with van der Waals surface area (Å²) in [5.74, 6) is 0.369. The van der Waals surface area contributed by atoms with Crippen molar-refractivity contribution in [1.29, 1.82) is 0 Å². The van der Waals surface area contributed by atoms with E-state index in [-0.39, 0.29) is 5.91 Å². The third kappa shape index (κ3) is 6.85. The Morgan fingerprint density at radius 2 is 2.00 bits per heavy atom. The molecule has 0 aromatic rings. The summed E-state index contributed by atoms with van der Waals surface area (Å²) < 4.78 is 0. The molecule has 1 saturated carbocycles. The molecule has 0 heterocycles. The van der Waals surface area contributed by atoms with Gasteiger partial charge < -0.3 is 10.4 Å². The molecule has 5 heteroatoms. The van der Waals surface area contributed by atoms with Crippen molar-refractivity contribution >= 4 is 23.6 Å². The molecule has 1 aliphatic rings. The highest BCUT2D eigenvalue weighted by Gasteiger charge is 2.20. The Labute approximate surface area is 119 Å². The standard InChI is InChI=1S/C14H25NO3S/c1-19-10-9-12(14(17)18)15-13(16)8-7-11-5-3-2-4-6-11/h11-12H,2-10H2,1H3,(H,15,16)(H,17,18)/t12-/m1/s1. The smallest absolute Gasteiger partial charge is 0.326 e. The molecule has 1 aliphatic carbocycles.